The summed E-state index contributed by atoms with van der Waals surface area (Å²) in [5, 5.41) is 3.21. The van der Waals surface area contributed by atoms with Crippen LogP contribution in [0.5, 0.6) is 0 Å². The van der Waals surface area contributed by atoms with Crippen molar-refractivity contribution < 1.29 is 9.53 Å². The average molecular weight is 233 g/mol. The molecule has 1 aliphatic heterocycles. The van der Waals surface area contributed by atoms with Crippen molar-refractivity contribution in [2.45, 2.75) is 31.7 Å². The average Bonchev–Trinajstić information content (AvgIpc) is 2.39. The van der Waals surface area contributed by atoms with E-state index in [1.54, 1.807) is 0 Å². The van der Waals surface area contributed by atoms with E-state index in [0.717, 1.165) is 19.4 Å². The number of rotatable bonds is 2. The Bertz CT molecular complexity index is 386. The van der Waals surface area contributed by atoms with Gasteiger partial charge in [0.1, 0.15) is 6.04 Å². The molecular formula is C14H19NO2. The van der Waals surface area contributed by atoms with Crippen molar-refractivity contribution in [2.24, 2.45) is 0 Å². The number of methoxy groups -OCH3 is 1. The normalized spacial score (nSPS) is 24.4. The number of esters is 1. The highest BCUT2D eigenvalue weighted by Gasteiger charge is 2.28. The van der Waals surface area contributed by atoms with Crippen molar-refractivity contribution in [1.82, 2.24) is 5.32 Å². The number of piperidine rings is 1. The molecule has 0 saturated carbocycles. The minimum absolute atomic E-state index is 0.151. The Morgan fingerprint density at radius 2 is 2.06 bits per heavy atom. The molecule has 1 aromatic carbocycles. The summed E-state index contributed by atoms with van der Waals surface area (Å²) in [6.45, 7) is 2.96. The van der Waals surface area contributed by atoms with Crippen molar-refractivity contribution in [3.63, 3.8) is 0 Å². The minimum atomic E-state index is -0.153. The summed E-state index contributed by atoms with van der Waals surface area (Å²) in [7, 11) is 1.44. The van der Waals surface area contributed by atoms with Crippen LogP contribution in [0.3, 0.4) is 0 Å². The molecule has 0 radical (unpaired) electrons. The van der Waals surface area contributed by atoms with Crippen molar-refractivity contribution >= 4 is 5.97 Å². The van der Waals surface area contributed by atoms with Crippen LogP contribution in [0.1, 0.15) is 29.9 Å². The molecule has 1 saturated heterocycles. The van der Waals surface area contributed by atoms with Gasteiger partial charge in [0.2, 0.25) is 0 Å². The Morgan fingerprint density at radius 1 is 1.35 bits per heavy atom. The summed E-state index contributed by atoms with van der Waals surface area (Å²) >= 11 is 0. The highest BCUT2D eigenvalue weighted by atomic mass is 16.5. The molecule has 0 aromatic heterocycles. The molecule has 2 rings (SSSR count). The van der Waals surface area contributed by atoms with Gasteiger partial charge in [0.15, 0.2) is 0 Å². The highest BCUT2D eigenvalue weighted by Crippen LogP contribution is 2.28. The lowest BCUT2D eigenvalue weighted by Gasteiger charge is -2.29. The standard InChI is InChI=1S/C14H19NO2/c1-10-3-5-11(6-4-10)12-7-8-15-13(9-12)14(16)17-2/h3-6,12-13,15H,7-9H2,1-2H3. The summed E-state index contributed by atoms with van der Waals surface area (Å²) in [5.74, 6) is 0.308. The van der Waals surface area contributed by atoms with Gasteiger partial charge in [0, 0.05) is 0 Å². The van der Waals surface area contributed by atoms with Gasteiger partial charge in [0.25, 0.3) is 0 Å². The second-order valence-electron chi connectivity index (χ2n) is 4.66. The number of hydrogen-bond donors (Lipinski definition) is 1. The zero-order valence-corrected chi connectivity index (χ0v) is 10.4. The fourth-order valence-electron chi connectivity index (χ4n) is 2.38. The van der Waals surface area contributed by atoms with E-state index < -0.39 is 0 Å². The van der Waals surface area contributed by atoms with Crippen molar-refractivity contribution in [1.29, 1.82) is 0 Å². The molecule has 3 heteroatoms. The van der Waals surface area contributed by atoms with Gasteiger partial charge in [-0.15, -0.1) is 0 Å². The third-order valence-electron chi connectivity index (χ3n) is 3.44. The number of benzene rings is 1. The first-order chi connectivity index (χ1) is 8.20. The molecule has 1 heterocycles. The van der Waals surface area contributed by atoms with Crippen LogP contribution in [0.2, 0.25) is 0 Å². The monoisotopic (exact) mass is 233 g/mol. The Hall–Kier alpha value is -1.35. The zero-order valence-electron chi connectivity index (χ0n) is 10.4. The van der Waals surface area contributed by atoms with Crippen LogP contribution in [-0.2, 0) is 9.53 Å². The van der Waals surface area contributed by atoms with Gasteiger partial charge in [-0.2, -0.15) is 0 Å². The van der Waals surface area contributed by atoms with Gasteiger partial charge >= 0.3 is 5.97 Å². The van der Waals surface area contributed by atoms with E-state index in [9.17, 15) is 4.79 Å². The Morgan fingerprint density at radius 3 is 2.71 bits per heavy atom. The molecule has 0 amide bonds. The SMILES string of the molecule is COC(=O)C1CC(c2ccc(C)cc2)CCN1. The second kappa shape index (κ2) is 5.32. The maximum Gasteiger partial charge on any atom is 0.322 e. The first-order valence-corrected chi connectivity index (χ1v) is 6.08. The molecule has 1 aromatic rings. The predicted molar refractivity (Wildman–Crippen MR) is 67.0 cm³/mol. The molecule has 2 atom stereocenters. The zero-order chi connectivity index (χ0) is 12.3. The maximum atomic E-state index is 11.5. The van der Waals surface area contributed by atoms with E-state index in [1.807, 2.05) is 0 Å². The smallest absolute Gasteiger partial charge is 0.322 e. The van der Waals surface area contributed by atoms with Gasteiger partial charge < -0.3 is 10.1 Å². The maximum absolute atomic E-state index is 11.5. The summed E-state index contributed by atoms with van der Waals surface area (Å²) in [4.78, 5) is 11.5. The van der Waals surface area contributed by atoms with E-state index in [4.69, 9.17) is 4.74 Å². The van der Waals surface area contributed by atoms with Crippen LogP contribution < -0.4 is 5.32 Å². The van der Waals surface area contributed by atoms with E-state index in [0.29, 0.717) is 5.92 Å². The fraction of sp³-hybridized carbons (Fsp3) is 0.500. The number of carbonyl (C=O) groups excluding carboxylic acids is 1. The molecule has 0 spiro atoms. The minimum Gasteiger partial charge on any atom is -0.468 e. The van der Waals surface area contributed by atoms with Crippen LogP contribution in [0.4, 0.5) is 0 Å². The summed E-state index contributed by atoms with van der Waals surface area (Å²) in [5.41, 5.74) is 2.60. The Labute approximate surface area is 102 Å². The summed E-state index contributed by atoms with van der Waals surface area (Å²) < 4.78 is 4.79. The molecular weight excluding hydrogens is 214 g/mol. The number of ether oxygens (including phenoxy) is 1. The molecule has 2 unspecified atom stereocenters. The summed E-state index contributed by atoms with van der Waals surface area (Å²) in [6.07, 6.45) is 1.91. The van der Waals surface area contributed by atoms with Gasteiger partial charge in [-0.1, -0.05) is 29.8 Å². The molecule has 3 nitrogen and oxygen atoms in total. The van der Waals surface area contributed by atoms with Crippen molar-refractivity contribution in [2.75, 3.05) is 13.7 Å². The molecule has 1 N–H and O–H groups in total. The second-order valence-corrected chi connectivity index (χ2v) is 4.66. The van der Waals surface area contributed by atoms with Gasteiger partial charge in [-0.25, -0.2) is 0 Å². The molecule has 1 fully saturated rings. The molecule has 0 bridgehead atoms. The van der Waals surface area contributed by atoms with Crippen molar-refractivity contribution in [3.8, 4) is 0 Å². The number of carbonyl (C=O) groups is 1. The Balaban J connectivity index is 2.06. The molecule has 0 aliphatic carbocycles. The van der Waals surface area contributed by atoms with Gasteiger partial charge in [-0.3, -0.25) is 4.79 Å². The fourth-order valence-corrected chi connectivity index (χ4v) is 2.38. The Kier molecular flexibility index (Phi) is 3.79. The number of hydrogen-bond acceptors (Lipinski definition) is 3. The molecule has 1 aliphatic rings. The van der Waals surface area contributed by atoms with Crippen LogP contribution in [0, 0.1) is 6.92 Å². The number of aryl methyl sites for hydroxylation is 1. The lowest BCUT2D eigenvalue weighted by molar-refractivity contribution is -0.143. The van der Waals surface area contributed by atoms with E-state index in [1.165, 1.54) is 18.2 Å². The third kappa shape index (κ3) is 2.86. The first-order valence-electron chi connectivity index (χ1n) is 6.08. The van der Waals surface area contributed by atoms with E-state index in [2.05, 4.69) is 36.5 Å². The lowest BCUT2D eigenvalue weighted by Crippen LogP contribution is -2.43. The van der Waals surface area contributed by atoms with Crippen LogP contribution in [-0.4, -0.2) is 25.7 Å². The van der Waals surface area contributed by atoms with Crippen molar-refractivity contribution in [3.05, 3.63) is 35.4 Å². The topological polar surface area (TPSA) is 38.3 Å². The third-order valence-corrected chi connectivity index (χ3v) is 3.44. The van der Waals surface area contributed by atoms with Gasteiger partial charge in [-0.05, 0) is 37.8 Å². The molecule has 92 valence electrons. The van der Waals surface area contributed by atoms with Crippen LogP contribution in [0.15, 0.2) is 24.3 Å². The largest absolute Gasteiger partial charge is 0.468 e. The predicted octanol–water partition coefficient (Wildman–Crippen LogP) is 2.00. The highest BCUT2D eigenvalue weighted by molar-refractivity contribution is 5.75. The lowest BCUT2D eigenvalue weighted by atomic mass is 9.86. The molecule has 17 heavy (non-hydrogen) atoms. The van der Waals surface area contributed by atoms with Crippen LogP contribution >= 0.6 is 0 Å². The summed E-state index contributed by atoms with van der Waals surface area (Å²) in [6, 6.07) is 8.44. The number of nitrogens with one attached hydrogen (secondary N) is 1. The van der Waals surface area contributed by atoms with Gasteiger partial charge in [0.05, 0.1) is 7.11 Å². The van der Waals surface area contributed by atoms with E-state index in [-0.39, 0.29) is 12.0 Å². The van der Waals surface area contributed by atoms with Crippen LogP contribution in [0.25, 0.3) is 0 Å². The first kappa shape index (κ1) is 12.1. The van der Waals surface area contributed by atoms with E-state index >= 15 is 0 Å². The quantitative estimate of drug-likeness (QED) is 0.794.